The highest BCUT2D eigenvalue weighted by atomic mass is 35.5. The Morgan fingerprint density at radius 1 is 1.25 bits per heavy atom. The number of hydrogen-bond donors (Lipinski definition) is 2. The van der Waals surface area contributed by atoms with Gasteiger partial charge in [0.25, 0.3) is 0 Å². The highest BCUT2D eigenvalue weighted by molar-refractivity contribution is 6.42. The number of benzene rings is 2. The van der Waals surface area contributed by atoms with Gasteiger partial charge in [0.1, 0.15) is 0 Å². The first-order chi connectivity index (χ1) is 11.0. The maximum Gasteiger partial charge on any atom is 0.227 e. The zero-order valence-electron chi connectivity index (χ0n) is 12.2. The van der Waals surface area contributed by atoms with Crippen LogP contribution in [0.15, 0.2) is 30.5 Å². The van der Waals surface area contributed by atoms with Crippen molar-refractivity contribution in [1.82, 2.24) is 9.97 Å². The van der Waals surface area contributed by atoms with Crippen molar-refractivity contribution < 1.29 is 14.2 Å². The van der Waals surface area contributed by atoms with Crippen LogP contribution in [0.5, 0.6) is 11.5 Å². The van der Waals surface area contributed by atoms with Crippen LogP contribution in [-0.4, -0.2) is 22.2 Å². The largest absolute Gasteiger partial charge is 0.504 e. The van der Waals surface area contributed by atoms with Crippen molar-refractivity contribution in [2.75, 3.05) is 12.4 Å². The third kappa shape index (κ3) is 3.40. The van der Waals surface area contributed by atoms with Crippen LogP contribution in [0.4, 0.5) is 16.0 Å². The number of aromatic hydroxyl groups is 1. The first kappa shape index (κ1) is 18.3. The van der Waals surface area contributed by atoms with E-state index >= 15 is 0 Å². The van der Waals surface area contributed by atoms with Crippen molar-refractivity contribution in [1.29, 1.82) is 0 Å². The molecule has 0 amide bonds. The molecule has 126 valence electrons. The Morgan fingerprint density at radius 3 is 2.71 bits per heavy atom. The summed E-state index contributed by atoms with van der Waals surface area (Å²) in [6.45, 7) is 0. The first-order valence-corrected chi connectivity index (χ1v) is 7.19. The predicted octanol–water partition coefficient (Wildman–Crippen LogP) is 4.96. The first-order valence-electron chi connectivity index (χ1n) is 6.44. The van der Waals surface area contributed by atoms with Crippen LogP contribution >= 0.6 is 35.6 Å². The number of nitrogens with one attached hydrogen (secondary N) is 1. The maximum absolute atomic E-state index is 14.0. The molecule has 0 fully saturated rings. The smallest absolute Gasteiger partial charge is 0.227 e. The molecule has 0 atom stereocenters. The number of anilines is 2. The number of phenols is 1. The monoisotopic (exact) mass is 389 g/mol. The lowest BCUT2D eigenvalue weighted by molar-refractivity contribution is 0.374. The third-order valence-corrected chi connectivity index (χ3v) is 3.94. The lowest BCUT2D eigenvalue weighted by Crippen LogP contribution is -2.00. The second kappa shape index (κ2) is 7.25. The van der Waals surface area contributed by atoms with Crippen molar-refractivity contribution >= 4 is 58.1 Å². The van der Waals surface area contributed by atoms with Gasteiger partial charge in [0.05, 0.1) is 28.4 Å². The van der Waals surface area contributed by atoms with Gasteiger partial charge < -0.3 is 15.2 Å². The van der Waals surface area contributed by atoms with Crippen LogP contribution < -0.4 is 10.1 Å². The molecule has 0 aliphatic heterocycles. The minimum Gasteiger partial charge on any atom is -0.504 e. The maximum atomic E-state index is 14.0. The van der Waals surface area contributed by atoms with E-state index in [0.717, 1.165) is 0 Å². The van der Waals surface area contributed by atoms with E-state index in [1.165, 1.54) is 31.5 Å². The van der Waals surface area contributed by atoms with Gasteiger partial charge in [-0.05, 0) is 18.2 Å². The molecule has 0 bridgehead atoms. The fourth-order valence-corrected chi connectivity index (χ4v) is 2.32. The van der Waals surface area contributed by atoms with Crippen LogP contribution in [0.1, 0.15) is 0 Å². The molecule has 3 aromatic rings. The average Bonchev–Trinajstić information content (AvgIpc) is 2.54. The normalized spacial score (nSPS) is 10.3. The lowest BCUT2D eigenvalue weighted by Gasteiger charge is -2.09. The zero-order valence-corrected chi connectivity index (χ0v) is 14.5. The molecule has 3 rings (SSSR count). The van der Waals surface area contributed by atoms with Crippen molar-refractivity contribution in [3.63, 3.8) is 0 Å². The molecule has 0 saturated heterocycles. The quantitative estimate of drug-likeness (QED) is 0.619. The van der Waals surface area contributed by atoms with E-state index in [4.69, 9.17) is 27.9 Å². The molecule has 2 N–H and O–H groups in total. The van der Waals surface area contributed by atoms with E-state index in [9.17, 15) is 9.50 Å². The highest BCUT2D eigenvalue weighted by Crippen LogP contribution is 2.32. The van der Waals surface area contributed by atoms with E-state index in [1.54, 1.807) is 6.07 Å². The van der Waals surface area contributed by atoms with E-state index in [0.29, 0.717) is 16.7 Å². The number of nitrogens with zero attached hydrogens (tertiary/aromatic N) is 2. The van der Waals surface area contributed by atoms with Gasteiger partial charge in [0.15, 0.2) is 17.3 Å². The van der Waals surface area contributed by atoms with Crippen LogP contribution in [0.2, 0.25) is 10.0 Å². The Bertz CT molecular complexity index is 909. The number of methoxy groups -OCH3 is 1. The topological polar surface area (TPSA) is 67.3 Å². The minimum atomic E-state index is -0.694. The molecule has 0 aliphatic carbocycles. The van der Waals surface area contributed by atoms with Crippen LogP contribution in [-0.2, 0) is 0 Å². The molecule has 2 aromatic carbocycles. The minimum absolute atomic E-state index is 0. The summed E-state index contributed by atoms with van der Waals surface area (Å²) < 4.78 is 19.1. The summed E-state index contributed by atoms with van der Waals surface area (Å²) in [5.41, 5.74) is 0.567. The molecule has 0 saturated carbocycles. The third-order valence-electron chi connectivity index (χ3n) is 3.16. The molecule has 5 nitrogen and oxygen atoms in total. The predicted molar refractivity (Wildman–Crippen MR) is 94.7 cm³/mol. The van der Waals surface area contributed by atoms with Gasteiger partial charge in [-0.15, -0.1) is 12.4 Å². The zero-order chi connectivity index (χ0) is 16.6. The lowest BCUT2D eigenvalue weighted by atomic mass is 10.2. The Hall–Kier alpha value is -2.02. The van der Waals surface area contributed by atoms with E-state index < -0.39 is 5.82 Å². The van der Waals surface area contributed by atoms with Gasteiger partial charge >= 0.3 is 0 Å². The molecule has 24 heavy (non-hydrogen) atoms. The number of aromatic nitrogens is 2. The van der Waals surface area contributed by atoms with Crippen LogP contribution in [0, 0.1) is 5.82 Å². The molecular formula is C15H11Cl3FN3O2. The summed E-state index contributed by atoms with van der Waals surface area (Å²) in [6, 6.07) is 5.94. The van der Waals surface area contributed by atoms with Crippen LogP contribution in [0.3, 0.4) is 0 Å². The number of fused-ring (bicyclic) bond motifs is 1. The molecule has 9 heteroatoms. The van der Waals surface area contributed by atoms with Gasteiger partial charge in [-0.1, -0.05) is 23.2 Å². The van der Waals surface area contributed by atoms with E-state index in [1.807, 2.05) is 0 Å². The molecular weight excluding hydrogens is 380 g/mol. The summed E-state index contributed by atoms with van der Waals surface area (Å²) in [7, 11) is 1.45. The van der Waals surface area contributed by atoms with Gasteiger partial charge in [0, 0.05) is 17.6 Å². The average molecular weight is 391 g/mol. The molecule has 0 unspecified atom stereocenters. The standard InChI is InChI=1S/C15H10Cl2FN3O2.ClH/c1-23-12-4-7-6-19-15(21-10(7)5-11(12)22)20-9-3-2-8(16)13(17)14(9)18;/h2-6,22H,1H3,(H,19,20,21);1H. The SMILES string of the molecule is COc1cc2cnc(Nc3ccc(Cl)c(Cl)c3F)nc2cc1O.Cl. The number of ether oxygens (including phenoxy) is 1. The second-order valence-electron chi connectivity index (χ2n) is 4.62. The van der Waals surface area contributed by atoms with E-state index in [-0.39, 0.29) is 39.8 Å². The summed E-state index contributed by atoms with van der Waals surface area (Å²) in [5.74, 6) is -0.275. The Labute approximate surface area is 152 Å². The fraction of sp³-hybridized carbons (Fsp3) is 0.0667. The Kier molecular flexibility index (Phi) is 5.54. The number of rotatable bonds is 3. The van der Waals surface area contributed by atoms with Gasteiger partial charge in [-0.2, -0.15) is 0 Å². The summed E-state index contributed by atoms with van der Waals surface area (Å²) in [6.07, 6.45) is 1.53. The Morgan fingerprint density at radius 2 is 2.00 bits per heavy atom. The number of halogens is 4. The summed E-state index contributed by atoms with van der Waals surface area (Å²) in [5, 5.41) is 13.1. The second-order valence-corrected chi connectivity index (χ2v) is 5.41. The number of phenolic OH excluding ortho intramolecular Hbond substituents is 1. The summed E-state index contributed by atoms with van der Waals surface area (Å²) >= 11 is 11.5. The molecule has 0 spiro atoms. The van der Waals surface area contributed by atoms with Crippen molar-refractivity contribution in [3.8, 4) is 11.5 Å². The molecule has 0 aliphatic rings. The van der Waals surface area contributed by atoms with E-state index in [2.05, 4.69) is 15.3 Å². The van der Waals surface area contributed by atoms with Gasteiger partial charge in [0.2, 0.25) is 5.95 Å². The molecule has 1 aromatic heterocycles. The van der Waals surface area contributed by atoms with Crippen LogP contribution in [0.25, 0.3) is 10.9 Å². The molecule has 0 radical (unpaired) electrons. The van der Waals surface area contributed by atoms with Crippen molar-refractivity contribution in [3.05, 3.63) is 46.3 Å². The number of hydrogen-bond acceptors (Lipinski definition) is 5. The fourth-order valence-electron chi connectivity index (χ4n) is 2.01. The van der Waals surface area contributed by atoms with Crippen molar-refractivity contribution in [2.24, 2.45) is 0 Å². The molecule has 1 heterocycles. The highest BCUT2D eigenvalue weighted by Gasteiger charge is 2.12. The summed E-state index contributed by atoms with van der Waals surface area (Å²) in [4.78, 5) is 8.32. The Balaban J connectivity index is 0.00000208. The van der Waals surface area contributed by atoms with Gasteiger partial charge in [-0.25, -0.2) is 14.4 Å². The van der Waals surface area contributed by atoms with Crippen molar-refractivity contribution in [2.45, 2.75) is 0 Å². The van der Waals surface area contributed by atoms with Gasteiger partial charge in [-0.3, -0.25) is 0 Å².